The van der Waals surface area contributed by atoms with Crippen molar-refractivity contribution in [1.29, 1.82) is 0 Å². The lowest BCUT2D eigenvalue weighted by atomic mass is 10.0. The van der Waals surface area contributed by atoms with E-state index < -0.39 is 0 Å². The Morgan fingerprint density at radius 3 is 3.05 bits per heavy atom. The summed E-state index contributed by atoms with van der Waals surface area (Å²) in [6.45, 7) is 1.28. The lowest BCUT2D eigenvalue weighted by molar-refractivity contribution is -0.120. The smallest absolute Gasteiger partial charge is 0.229 e. The maximum Gasteiger partial charge on any atom is 0.229 e. The van der Waals surface area contributed by atoms with E-state index in [2.05, 4.69) is 10.4 Å². The number of nitrogens with one attached hydrogen (secondary N) is 1. The van der Waals surface area contributed by atoms with E-state index in [-0.39, 0.29) is 30.3 Å². The van der Waals surface area contributed by atoms with Gasteiger partial charge in [0.15, 0.2) is 0 Å². The summed E-state index contributed by atoms with van der Waals surface area (Å²) in [7, 11) is 1.65. The van der Waals surface area contributed by atoms with Crippen LogP contribution in [0.5, 0.6) is 0 Å². The number of hydrogen-bond donors (Lipinski definition) is 2. The predicted molar refractivity (Wildman–Crippen MR) is 75.3 cm³/mol. The minimum Gasteiger partial charge on any atom is -0.383 e. The average molecular weight is 289 g/mol. The highest BCUT2D eigenvalue weighted by molar-refractivity contribution is 5.92. The normalized spacial score (nSPS) is 22.0. The van der Waals surface area contributed by atoms with Crippen molar-refractivity contribution in [3.05, 3.63) is 12.4 Å². The maximum absolute atomic E-state index is 12.0. The lowest BCUT2D eigenvalue weighted by Crippen LogP contribution is -2.34. The third kappa shape index (κ3) is 4.19. The molecule has 1 aliphatic carbocycles. The van der Waals surface area contributed by atoms with Crippen LogP contribution in [0.3, 0.4) is 0 Å². The number of nitrogens with zero attached hydrogens (tertiary/aromatic N) is 2. The zero-order valence-corrected chi connectivity index (χ0v) is 11.9. The second-order valence-corrected chi connectivity index (χ2v) is 4.68. The molecule has 1 amide bonds. The maximum atomic E-state index is 12.0. The molecule has 1 fully saturated rings. The van der Waals surface area contributed by atoms with E-state index in [1.807, 2.05) is 0 Å². The van der Waals surface area contributed by atoms with Gasteiger partial charge in [0.05, 0.1) is 31.0 Å². The number of rotatable bonds is 5. The van der Waals surface area contributed by atoms with Crippen molar-refractivity contribution in [2.45, 2.75) is 31.8 Å². The summed E-state index contributed by atoms with van der Waals surface area (Å²) >= 11 is 0. The highest BCUT2D eigenvalue weighted by Gasteiger charge is 2.30. The number of carbonyl (C=O) groups excluding carboxylic acids is 1. The highest BCUT2D eigenvalue weighted by atomic mass is 35.5. The molecular weight excluding hydrogens is 268 g/mol. The number of hydrogen-bond acceptors (Lipinski definition) is 4. The van der Waals surface area contributed by atoms with Crippen LogP contribution in [0.1, 0.15) is 19.3 Å². The molecule has 1 aromatic rings. The van der Waals surface area contributed by atoms with Crippen LogP contribution in [0.4, 0.5) is 5.69 Å². The van der Waals surface area contributed by atoms with Crippen molar-refractivity contribution in [3.8, 4) is 0 Å². The molecule has 1 heterocycles. The molecule has 2 atom stereocenters. The van der Waals surface area contributed by atoms with E-state index in [4.69, 9.17) is 10.5 Å². The fourth-order valence-corrected chi connectivity index (χ4v) is 2.28. The number of halogens is 1. The first kappa shape index (κ1) is 15.9. The molecule has 0 saturated heterocycles. The van der Waals surface area contributed by atoms with Gasteiger partial charge in [0, 0.05) is 19.3 Å². The molecular formula is C12H21ClN4O2. The Bertz CT molecular complexity index is 410. The van der Waals surface area contributed by atoms with Gasteiger partial charge in [-0.1, -0.05) is 6.42 Å². The standard InChI is InChI=1S/C12H20N4O2.ClH/c1-18-6-5-16-8-9(7-14-16)15-12(17)10-3-2-4-11(10)13;/h7-8,10-11H,2-6,13H2,1H3,(H,15,17);1H. The zero-order valence-electron chi connectivity index (χ0n) is 11.0. The highest BCUT2D eigenvalue weighted by Crippen LogP contribution is 2.25. The van der Waals surface area contributed by atoms with Crippen LogP contribution in [0.25, 0.3) is 0 Å². The summed E-state index contributed by atoms with van der Waals surface area (Å²) in [6, 6.07) is -0.00598. The van der Waals surface area contributed by atoms with Crippen molar-refractivity contribution >= 4 is 24.0 Å². The van der Waals surface area contributed by atoms with Crippen LogP contribution in [-0.4, -0.2) is 35.4 Å². The van der Waals surface area contributed by atoms with E-state index in [0.717, 1.165) is 24.9 Å². The van der Waals surface area contributed by atoms with Gasteiger partial charge in [-0.15, -0.1) is 12.4 Å². The Hall–Kier alpha value is -1.11. The molecule has 0 aliphatic heterocycles. The molecule has 1 aliphatic rings. The Labute approximate surface area is 119 Å². The number of amides is 1. The molecule has 3 N–H and O–H groups in total. The van der Waals surface area contributed by atoms with Gasteiger partial charge in [-0.25, -0.2) is 0 Å². The summed E-state index contributed by atoms with van der Waals surface area (Å²) in [4.78, 5) is 12.0. The van der Waals surface area contributed by atoms with E-state index >= 15 is 0 Å². The van der Waals surface area contributed by atoms with Gasteiger partial charge in [-0.05, 0) is 12.8 Å². The van der Waals surface area contributed by atoms with E-state index in [0.29, 0.717) is 13.2 Å². The van der Waals surface area contributed by atoms with E-state index in [1.165, 1.54) is 0 Å². The van der Waals surface area contributed by atoms with Crippen LogP contribution in [-0.2, 0) is 16.1 Å². The predicted octanol–water partition coefficient (Wildman–Crippen LogP) is 1.02. The molecule has 0 bridgehead atoms. The number of methoxy groups -OCH3 is 1. The summed E-state index contributed by atoms with van der Waals surface area (Å²) in [5.41, 5.74) is 6.62. The van der Waals surface area contributed by atoms with E-state index in [9.17, 15) is 4.79 Å². The molecule has 7 heteroatoms. The molecule has 108 valence electrons. The topological polar surface area (TPSA) is 82.2 Å². The number of nitrogens with two attached hydrogens (primary N) is 1. The molecule has 2 unspecified atom stereocenters. The van der Waals surface area contributed by atoms with Crippen molar-refractivity contribution in [1.82, 2.24) is 9.78 Å². The van der Waals surface area contributed by atoms with Crippen LogP contribution in [0.2, 0.25) is 0 Å². The van der Waals surface area contributed by atoms with Gasteiger partial charge in [0.25, 0.3) is 0 Å². The Morgan fingerprint density at radius 1 is 1.63 bits per heavy atom. The minimum atomic E-state index is -0.0627. The Balaban J connectivity index is 0.00000180. The molecule has 1 aromatic heterocycles. The summed E-state index contributed by atoms with van der Waals surface area (Å²) in [5, 5.41) is 7.01. The van der Waals surface area contributed by atoms with Crippen molar-refractivity contribution in [2.24, 2.45) is 11.7 Å². The third-order valence-corrected chi connectivity index (χ3v) is 3.33. The Morgan fingerprint density at radius 2 is 2.42 bits per heavy atom. The Kier molecular flexibility index (Phi) is 6.27. The zero-order chi connectivity index (χ0) is 13.0. The van der Waals surface area contributed by atoms with Gasteiger partial charge < -0.3 is 15.8 Å². The van der Waals surface area contributed by atoms with Crippen LogP contribution in [0, 0.1) is 5.92 Å². The minimum absolute atomic E-state index is 0. The number of carbonyl (C=O) groups is 1. The molecule has 0 spiro atoms. The second-order valence-electron chi connectivity index (χ2n) is 4.68. The molecule has 1 saturated carbocycles. The second kappa shape index (κ2) is 7.47. The average Bonchev–Trinajstić information content (AvgIpc) is 2.95. The van der Waals surface area contributed by atoms with Gasteiger partial charge in [-0.3, -0.25) is 9.48 Å². The SMILES string of the molecule is COCCn1cc(NC(=O)C2CCCC2N)cn1.Cl. The molecule has 19 heavy (non-hydrogen) atoms. The first-order chi connectivity index (χ1) is 8.70. The van der Waals surface area contributed by atoms with E-state index in [1.54, 1.807) is 24.2 Å². The fourth-order valence-electron chi connectivity index (χ4n) is 2.28. The van der Waals surface area contributed by atoms with Crippen LogP contribution < -0.4 is 11.1 Å². The summed E-state index contributed by atoms with van der Waals surface area (Å²) < 4.78 is 6.71. The van der Waals surface area contributed by atoms with Crippen LogP contribution >= 0.6 is 12.4 Å². The van der Waals surface area contributed by atoms with Gasteiger partial charge in [0.1, 0.15) is 0 Å². The largest absolute Gasteiger partial charge is 0.383 e. The number of aromatic nitrogens is 2. The molecule has 2 rings (SSSR count). The fraction of sp³-hybridized carbons (Fsp3) is 0.667. The van der Waals surface area contributed by atoms with Crippen molar-refractivity contribution in [2.75, 3.05) is 19.0 Å². The summed E-state index contributed by atoms with van der Waals surface area (Å²) in [5.74, 6) is -0.0568. The monoisotopic (exact) mass is 288 g/mol. The molecule has 6 nitrogen and oxygen atoms in total. The molecule has 0 aromatic carbocycles. The first-order valence-electron chi connectivity index (χ1n) is 6.28. The van der Waals surface area contributed by atoms with Gasteiger partial charge >= 0.3 is 0 Å². The van der Waals surface area contributed by atoms with Crippen LogP contribution in [0.15, 0.2) is 12.4 Å². The summed E-state index contributed by atoms with van der Waals surface area (Å²) in [6.07, 6.45) is 6.30. The molecule has 0 radical (unpaired) electrons. The van der Waals surface area contributed by atoms with Gasteiger partial charge in [0.2, 0.25) is 5.91 Å². The number of ether oxygens (including phenoxy) is 1. The first-order valence-corrected chi connectivity index (χ1v) is 6.28. The quantitative estimate of drug-likeness (QED) is 0.847. The number of anilines is 1. The third-order valence-electron chi connectivity index (χ3n) is 3.33. The van der Waals surface area contributed by atoms with Gasteiger partial charge in [-0.2, -0.15) is 5.10 Å². The van der Waals surface area contributed by atoms with Crippen molar-refractivity contribution < 1.29 is 9.53 Å². The van der Waals surface area contributed by atoms with Crippen molar-refractivity contribution in [3.63, 3.8) is 0 Å². The lowest BCUT2D eigenvalue weighted by Gasteiger charge is -2.13.